The number of nitrogens with one attached hydrogen (secondary N) is 1. The maximum atomic E-state index is 12.8. The van der Waals surface area contributed by atoms with Crippen LogP contribution in [0.15, 0.2) is 152 Å². The zero-order valence-corrected chi connectivity index (χ0v) is 26.2. The van der Waals surface area contributed by atoms with Crippen LogP contribution in [0.3, 0.4) is 0 Å². The SMILES string of the molecule is [Li+].[O-]c1ccc(-c2c3ccccc3cc3c2ccc2c(-c4nc(-c5ccccc5)nc(-c5ccccc5)n4)cccc23)c2ccc[nH+]c12. The smallest absolute Gasteiger partial charge is 0.868 e. The average Bonchev–Trinajstić information content (AvgIpc) is 3.14. The van der Waals surface area contributed by atoms with E-state index in [2.05, 4.69) is 65.6 Å². The average molecular weight is 610 g/mol. The van der Waals surface area contributed by atoms with Crippen molar-refractivity contribution in [1.29, 1.82) is 0 Å². The molecule has 1 N–H and O–H groups in total. The van der Waals surface area contributed by atoms with Gasteiger partial charge in [-0.1, -0.05) is 127 Å². The van der Waals surface area contributed by atoms with Gasteiger partial charge in [0.25, 0.3) is 0 Å². The molecule has 0 amide bonds. The van der Waals surface area contributed by atoms with Gasteiger partial charge in [0, 0.05) is 22.8 Å². The van der Waals surface area contributed by atoms with Crippen LogP contribution in [0.5, 0.6) is 5.75 Å². The van der Waals surface area contributed by atoms with Crippen LogP contribution in [-0.4, -0.2) is 15.0 Å². The van der Waals surface area contributed by atoms with Gasteiger partial charge in [0.1, 0.15) is 0 Å². The van der Waals surface area contributed by atoms with Crippen LogP contribution in [0.2, 0.25) is 0 Å². The van der Waals surface area contributed by atoms with Crippen LogP contribution in [0.4, 0.5) is 0 Å². The van der Waals surface area contributed by atoms with Crippen molar-refractivity contribution in [2.45, 2.75) is 0 Å². The van der Waals surface area contributed by atoms with Gasteiger partial charge < -0.3 is 5.11 Å². The molecular formula is C42H26LiN4O+. The molecule has 0 bridgehead atoms. The predicted molar refractivity (Wildman–Crippen MR) is 188 cm³/mol. The fraction of sp³-hybridized carbons (Fsp3) is 0. The van der Waals surface area contributed by atoms with Crippen LogP contribution >= 0.6 is 0 Å². The second kappa shape index (κ2) is 12.1. The summed E-state index contributed by atoms with van der Waals surface area (Å²) in [5.41, 5.74) is 5.53. The zero-order chi connectivity index (χ0) is 31.3. The number of hydrogen-bond donors (Lipinski definition) is 0. The second-order valence-corrected chi connectivity index (χ2v) is 11.6. The molecule has 0 unspecified atom stereocenters. The minimum atomic E-state index is -0.0221. The first-order chi connectivity index (χ1) is 23.2. The number of hydrogen-bond acceptors (Lipinski definition) is 4. The molecule has 9 aromatic rings. The molecule has 0 atom stereocenters. The number of aromatic nitrogens is 4. The number of benzene rings is 7. The van der Waals surface area contributed by atoms with Gasteiger partial charge in [-0.05, 0) is 61.3 Å². The molecule has 7 aromatic carbocycles. The van der Waals surface area contributed by atoms with E-state index in [1.807, 2.05) is 78.9 Å². The third-order valence-electron chi connectivity index (χ3n) is 8.91. The van der Waals surface area contributed by atoms with Gasteiger partial charge in [0.2, 0.25) is 5.52 Å². The van der Waals surface area contributed by atoms with E-state index in [1.54, 1.807) is 12.3 Å². The summed E-state index contributed by atoms with van der Waals surface area (Å²) in [5.74, 6) is 1.86. The molecule has 0 spiro atoms. The minimum Gasteiger partial charge on any atom is -0.868 e. The standard InChI is InChI=1S/C42H26N4O.Li/c47-37-23-22-32(34-19-10-24-43-39(34)37)38-29-16-8-7-15-28(29)25-36-30-17-9-18-35(31(30)20-21-33(36)38)42-45-40(26-11-3-1-4-12-26)44-41(46-42)27-13-5-2-6-14-27;/h1-25,47H;/q;+1. The maximum absolute atomic E-state index is 12.8. The van der Waals surface area contributed by atoms with Crippen molar-refractivity contribution in [3.05, 3.63) is 152 Å². The summed E-state index contributed by atoms with van der Waals surface area (Å²) < 4.78 is 0. The Labute approximate surface area is 288 Å². The summed E-state index contributed by atoms with van der Waals surface area (Å²) in [6.45, 7) is 0. The van der Waals surface area contributed by atoms with Gasteiger partial charge in [-0.3, -0.25) is 0 Å². The summed E-state index contributed by atoms with van der Waals surface area (Å²) in [7, 11) is 0. The Kier molecular flexibility index (Phi) is 7.42. The number of pyridine rings is 1. The molecule has 0 saturated carbocycles. The van der Waals surface area contributed by atoms with E-state index in [4.69, 9.17) is 15.0 Å². The van der Waals surface area contributed by atoms with E-state index in [1.165, 1.54) is 0 Å². The van der Waals surface area contributed by atoms with Gasteiger partial charge in [0.05, 0.1) is 5.39 Å². The fourth-order valence-corrected chi connectivity index (χ4v) is 6.74. The van der Waals surface area contributed by atoms with Crippen molar-refractivity contribution >= 4 is 43.2 Å². The van der Waals surface area contributed by atoms with Gasteiger partial charge in [-0.25, -0.2) is 19.9 Å². The molecule has 9 rings (SSSR count). The van der Waals surface area contributed by atoms with E-state index in [0.29, 0.717) is 23.0 Å². The largest absolute Gasteiger partial charge is 1.00 e. The van der Waals surface area contributed by atoms with E-state index in [0.717, 1.165) is 65.5 Å². The number of aromatic amines is 1. The van der Waals surface area contributed by atoms with Crippen LogP contribution in [0, 0.1) is 0 Å². The molecule has 2 aromatic heterocycles. The van der Waals surface area contributed by atoms with Crippen molar-refractivity contribution in [3.63, 3.8) is 0 Å². The van der Waals surface area contributed by atoms with Crippen molar-refractivity contribution < 1.29 is 29.0 Å². The summed E-state index contributed by atoms with van der Waals surface area (Å²) in [5, 5.41) is 20.4. The number of H-pyrrole nitrogens is 1. The first kappa shape index (κ1) is 29.5. The molecule has 6 heteroatoms. The summed E-state index contributed by atoms with van der Waals surface area (Å²) >= 11 is 0. The molecule has 220 valence electrons. The molecule has 2 heterocycles. The van der Waals surface area contributed by atoms with E-state index in [-0.39, 0.29) is 24.6 Å². The first-order valence-electron chi connectivity index (χ1n) is 15.6. The molecule has 0 aliphatic rings. The Hall–Kier alpha value is -5.86. The monoisotopic (exact) mass is 609 g/mol. The van der Waals surface area contributed by atoms with E-state index >= 15 is 0 Å². The summed E-state index contributed by atoms with van der Waals surface area (Å²) in [4.78, 5) is 18.1. The quantitative estimate of drug-likeness (QED) is 0.139. The molecule has 0 fully saturated rings. The Morgan fingerprint density at radius 1 is 0.438 bits per heavy atom. The van der Waals surface area contributed by atoms with Crippen LogP contribution in [0.1, 0.15) is 0 Å². The van der Waals surface area contributed by atoms with Crippen LogP contribution in [0.25, 0.3) is 88.5 Å². The van der Waals surface area contributed by atoms with Gasteiger partial charge in [0.15, 0.2) is 23.7 Å². The normalized spacial score (nSPS) is 11.2. The first-order valence-corrected chi connectivity index (χ1v) is 15.6. The molecule has 0 saturated heterocycles. The Balaban J connectivity index is 0.00000336. The number of fused-ring (bicyclic) bond motifs is 5. The number of rotatable bonds is 4. The van der Waals surface area contributed by atoms with Gasteiger partial charge in [-0.15, -0.1) is 0 Å². The Morgan fingerprint density at radius 2 is 1.06 bits per heavy atom. The van der Waals surface area contributed by atoms with Crippen molar-refractivity contribution in [3.8, 4) is 51.0 Å². The molecule has 0 radical (unpaired) electrons. The third kappa shape index (κ3) is 4.89. The summed E-state index contributed by atoms with van der Waals surface area (Å²) in [6, 6.07) is 49.1. The van der Waals surface area contributed by atoms with Crippen molar-refractivity contribution in [2.75, 3.05) is 0 Å². The van der Waals surface area contributed by atoms with E-state index in [9.17, 15) is 5.11 Å². The molecular weight excluding hydrogens is 583 g/mol. The molecule has 5 nitrogen and oxygen atoms in total. The maximum Gasteiger partial charge on any atom is 1.00 e. The van der Waals surface area contributed by atoms with Crippen LogP contribution < -0.4 is 29.0 Å². The Morgan fingerprint density at radius 3 is 1.81 bits per heavy atom. The molecule has 0 aliphatic carbocycles. The minimum absolute atomic E-state index is 0. The topological polar surface area (TPSA) is 75.9 Å². The van der Waals surface area contributed by atoms with Crippen LogP contribution in [-0.2, 0) is 0 Å². The number of nitrogens with zero attached hydrogens (tertiary/aromatic N) is 3. The van der Waals surface area contributed by atoms with Gasteiger partial charge >= 0.3 is 18.9 Å². The molecule has 48 heavy (non-hydrogen) atoms. The second-order valence-electron chi connectivity index (χ2n) is 11.6. The predicted octanol–water partition coefficient (Wildman–Crippen LogP) is 6.04. The fourth-order valence-electron chi connectivity index (χ4n) is 6.74. The van der Waals surface area contributed by atoms with Gasteiger partial charge in [-0.2, -0.15) is 0 Å². The summed E-state index contributed by atoms with van der Waals surface area (Å²) in [6.07, 6.45) is 1.80. The van der Waals surface area contributed by atoms with Crippen molar-refractivity contribution in [2.24, 2.45) is 0 Å². The van der Waals surface area contributed by atoms with Crippen molar-refractivity contribution in [1.82, 2.24) is 15.0 Å². The molecule has 0 aliphatic heterocycles. The zero-order valence-electron chi connectivity index (χ0n) is 26.2. The van der Waals surface area contributed by atoms with E-state index < -0.39 is 0 Å². The Bertz CT molecular complexity index is 2590. The third-order valence-corrected chi connectivity index (χ3v) is 8.91.